The van der Waals surface area contributed by atoms with E-state index in [9.17, 15) is 0 Å². The lowest BCUT2D eigenvalue weighted by atomic mass is 10.1. The maximum absolute atomic E-state index is 5.98. The summed E-state index contributed by atoms with van der Waals surface area (Å²) < 4.78 is 0. The Balaban J connectivity index is 2.84. The van der Waals surface area contributed by atoms with Gasteiger partial charge in [0, 0.05) is 5.56 Å². The van der Waals surface area contributed by atoms with E-state index in [0.29, 0.717) is 10.0 Å². The largest absolute Gasteiger partial charge is 0.318 e. The van der Waals surface area contributed by atoms with Gasteiger partial charge in [-0.25, -0.2) is 0 Å². The van der Waals surface area contributed by atoms with Crippen molar-refractivity contribution in [3.05, 3.63) is 33.8 Å². The minimum atomic E-state index is -0.0925. The number of rotatable bonds is 2. The second-order valence-corrected chi connectivity index (χ2v) is 4.05. The Morgan fingerprint density at radius 3 is 2.80 bits per heavy atom. The van der Waals surface area contributed by atoms with E-state index in [1.54, 1.807) is 6.07 Å². The first kappa shape index (κ1) is 12.4. The highest BCUT2D eigenvalue weighted by Crippen LogP contribution is 2.24. The maximum atomic E-state index is 5.98. The molecule has 0 saturated heterocycles. The number of benzene rings is 1. The van der Waals surface area contributed by atoms with Crippen LogP contribution in [-0.4, -0.2) is 6.04 Å². The third-order valence-corrected chi connectivity index (χ3v) is 2.76. The molecule has 0 radical (unpaired) electrons. The van der Waals surface area contributed by atoms with E-state index in [2.05, 4.69) is 18.8 Å². The lowest BCUT2D eigenvalue weighted by molar-refractivity contribution is 0.720. The van der Waals surface area contributed by atoms with Crippen molar-refractivity contribution in [2.75, 3.05) is 0 Å². The van der Waals surface area contributed by atoms with Gasteiger partial charge in [-0.1, -0.05) is 54.5 Å². The molecular weight excluding hydrogens is 229 g/mol. The Bertz CT molecular complexity index is 390. The molecule has 1 rings (SSSR count). The number of halogens is 2. The van der Waals surface area contributed by atoms with Crippen molar-refractivity contribution in [2.45, 2.75) is 25.8 Å². The summed E-state index contributed by atoms with van der Waals surface area (Å²) in [6.45, 7) is 2.08. The van der Waals surface area contributed by atoms with Gasteiger partial charge in [-0.2, -0.15) is 0 Å². The fraction of sp³-hybridized carbons (Fsp3) is 0.333. The average molecular weight is 242 g/mol. The van der Waals surface area contributed by atoms with Crippen molar-refractivity contribution in [3.8, 4) is 11.8 Å². The van der Waals surface area contributed by atoms with Crippen LogP contribution in [0.15, 0.2) is 18.2 Å². The Morgan fingerprint density at radius 2 is 2.13 bits per heavy atom. The fourth-order valence-corrected chi connectivity index (χ4v) is 1.50. The van der Waals surface area contributed by atoms with Gasteiger partial charge in [0.15, 0.2) is 0 Å². The zero-order chi connectivity index (χ0) is 11.3. The molecule has 1 nitrogen and oxygen atoms in total. The molecule has 0 aliphatic rings. The highest BCUT2D eigenvalue weighted by atomic mass is 35.5. The average Bonchev–Trinajstić information content (AvgIpc) is 2.21. The molecule has 0 aliphatic carbocycles. The third-order valence-electron chi connectivity index (χ3n) is 1.94. The molecule has 15 heavy (non-hydrogen) atoms. The maximum Gasteiger partial charge on any atom is 0.0748 e. The van der Waals surface area contributed by atoms with Crippen LogP contribution < -0.4 is 5.73 Å². The van der Waals surface area contributed by atoms with Crippen LogP contribution in [0.4, 0.5) is 0 Å². The van der Waals surface area contributed by atoms with Crippen LogP contribution in [-0.2, 0) is 0 Å². The Hall–Kier alpha value is -0.680. The van der Waals surface area contributed by atoms with Crippen molar-refractivity contribution in [2.24, 2.45) is 5.73 Å². The van der Waals surface area contributed by atoms with Gasteiger partial charge in [0.1, 0.15) is 0 Å². The molecule has 0 fully saturated rings. The molecule has 0 aliphatic heterocycles. The molecule has 0 bridgehead atoms. The van der Waals surface area contributed by atoms with Gasteiger partial charge in [0.2, 0.25) is 0 Å². The van der Waals surface area contributed by atoms with Crippen LogP contribution in [0.3, 0.4) is 0 Å². The normalized spacial score (nSPS) is 11.7. The second kappa shape index (κ2) is 6.02. The summed E-state index contributed by atoms with van der Waals surface area (Å²) in [5.41, 5.74) is 6.50. The summed E-state index contributed by atoms with van der Waals surface area (Å²) in [5.74, 6) is 5.90. The van der Waals surface area contributed by atoms with E-state index in [1.807, 2.05) is 12.1 Å². The highest BCUT2D eigenvalue weighted by Gasteiger charge is 2.01. The standard InChI is InChI=1S/C12H13Cl2N/c1-2-4-10(15)8-7-9-5-3-6-11(13)12(9)14/h3,5-6,10H,2,4,15H2,1H3. The van der Waals surface area contributed by atoms with E-state index >= 15 is 0 Å². The van der Waals surface area contributed by atoms with E-state index < -0.39 is 0 Å². The van der Waals surface area contributed by atoms with Crippen molar-refractivity contribution >= 4 is 23.2 Å². The molecule has 80 valence electrons. The number of hydrogen-bond donors (Lipinski definition) is 1. The molecule has 0 heterocycles. The van der Waals surface area contributed by atoms with E-state index in [1.165, 1.54) is 0 Å². The van der Waals surface area contributed by atoms with E-state index in [4.69, 9.17) is 28.9 Å². The van der Waals surface area contributed by atoms with Crippen LogP contribution in [0.5, 0.6) is 0 Å². The molecule has 1 unspecified atom stereocenters. The highest BCUT2D eigenvalue weighted by molar-refractivity contribution is 6.42. The van der Waals surface area contributed by atoms with Gasteiger partial charge in [-0.05, 0) is 18.6 Å². The van der Waals surface area contributed by atoms with Gasteiger partial charge in [0.25, 0.3) is 0 Å². The zero-order valence-electron chi connectivity index (χ0n) is 8.56. The zero-order valence-corrected chi connectivity index (χ0v) is 10.1. The van der Waals surface area contributed by atoms with Crippen LogP contribution in [0, 0.1) is 11.8 Å². The fourth-order valence-electron chi connectivity index (χ4n) is 1.15. The SMILES string of the molecule is CCCC(N)C#Cc1cccc(Cl)c1Cl. The molecule has 3 heteroatoms. The van der Waals surface area contributed by atoms with Gasteiger partial charge < -0.3 is 5.73 Å². The van der Waals surface area contributed by atoms with Crippen molar-refractivity contribution < 1.29 is 0 Å². The lowest BCUT2D eigenvalue weighted by Crippen LogP contribution is -2.16. The predicted molar refractivity (Wildman–Crippen MR) is 66.2 cm³/mol. The molecule has 0 saturated carbocycles. The summed E-state index contributed by atoms with van der Waals surface area (Å²) in [6.07, 6.45) is 1.92. The number of hydrogen-bond acceptors (Lipinski definition) is 1. The molecule has 0 aromatic heterocycles. The molecular formula is C12H13Cl2N. The summed E-state index contributed by atoms with van der Waals surface area (Å²) in [7, 11) is 0. The quantitative estimate of drug-likeness (QED) is 0.789. The van der Waals surface area contributed by atoms with Crippen molar-refractivity contribution in [3.63, 3.8) is 0 Å². The van der Waals surface area contributed by atoms with Crippen LogP contribution in [0.1, 0.15) is 25.3 Å². The molecule has 0 amide bonds. The van der Waals surface area contributed by atoms with Crippen molar-refractivity contribution in [1.82, 2.24) is 0 Å². The Labute approximate surface area is 101 Å². The number of nitrogens with two attached hydrogens (primary N) is 1. The van der Waals surface area contributed by atoms with E-state index in [-0.39, 0.29) is 6.04 Å². The molecule has 0 spiro atoms. The first-order valence-electron chi connectivity index (χ1n) is 4.86. The Kier molecular flexibility index (Phi) is 4.98. The van der Waals surface area contributed by atoms with Crippen molar-refractivity contribution in [1.29, 1.82) is 0 Å². The third kappa shape index (κ3) is 3.76. The second-order valence-electron chi connectivity index (χ2n) is 3.27. The Morgan fingerprint density at radius 1 is 1.40 bits per heavy atom. The summed E-state index contributed by atoms with van der Waals surface area (Å²) in [6, 6.07) is 5.30. The minimum absolute atomic E-state index is 0.0925. The summed E-state index contributed by atoms with van der Waals surface area (Å²) >= 11 is 11.8. The van der Waals surface area contributed by atoms with Crippen LogP contribution >= 0.6 is 23.2 Å². The molecule has 1 atom stereocenters. The minimum Gasteiger partial charge on any atom is -0.318 e. The van der Waals surface area contributed by atoms with Gasteiger partial charge in [-0.15, -0.1) is 0 Å². The predicted octanol–water partition coefficient (Wildman–Crippen LogP) is 3.47. The summed E-state index contributed by atoms with van der Waals surface area (Å²) in [5, 5.41) is 1.02. The molecule has 2 N–H and O–H groups in total. The van der Waals surface area contributed by atoms with Crippen LogP contribution in [0.2, 0.25) is 10.0 Å². The van der Waals surface area contributed by atoms with Crippen LogP contribution in [0.25, 0.3) is 0 Å². The van der Waals surface area contributed by atoms with E-state index in [0.717, 1.165) is 18.4 Å². The van der Waals surface area contributed by atoms with Gasteiger partial charge in [-0.3, -0.25) is 0 Å². The first-order valence-corrected chi connectivity index (χ1v) is 5.62. The monoisotopic (exact) mass is 241 g/mol. The molecule has 1 aromatic carbocycles. The van der Waals surface area contributed by atoms with Gasteiger partial charge in [0.05, 0.1) is 16.1 Å². The topological polar surface area (TPSA) is 26.0 Å². The first-order chi connectivity index (χ1) is 7.15. The lowest BCUT2D eigenvalue weighted by Gasteiger charge is -2.00. The molecule has 1 aromatic rings. The van der Waals surface area contributed by atoms with Gasteiger partial charge >= 0.3 is 0 Å². The smallest absolute Gasteiger partial charge is 0.0748 e. The summed E-state index contributed by atoms with van der Waals surface area (Å²) in [4.78, 5) is 0.